The molecule has 0 saturated carbocycles. The molecule has 2 rings (SSSR count). The third kappa shape index (κ3) is 4.69. The predicted octanol–water partition coefficient (Wildman–Crippen LogP) is 7.27. The SMILES string of the molecule is C/C=C/C(=C(c1ccc(F)cc1)c1ccc(F)cc1)C(C(C)C)C(C)C. The highest BCUT2D eigenvalue weighted by Gasteiger charge is 2.24. The van der Waals surface area contributed by atoms with Crippen molar-refractivity contribution < 1.29 is 8.78 Å². The van der Waals surface area contributed by atoms with E-state index in [0.29, 0.717) is 17.8 Å². The fourth-order valence-electron chi connectivity index (χ4n) is 3.76. The zero-order valence-electron chi connectivity index (χ0n) is 16.3. The van der Waals surface area contributed by atoms with Gasteiger partial charge >= 0.3 is 0 Å². The van der Waals surface area contributed by atoms with Crippen molar-refractivity contribution in [3.05, 3.63) is 89.0 Å². The van der Waals surface area contributed by atoms with Crippen molar-refractivity contribution in [3.8, 4) is 0 Å². The molecule has 0 heterocycles. The van der Waals surface area contributed by atoms with Gasteiger partial charge in [-0.3, -0.25) is 0 Å². The second-order valence-corrected chi connectivity index (χ2v) is 7.36. The highest BCUT2D eigenvalue weighted by Crippen LogP contribution is 2.38. The number of benzene rings is 2. The normalized spacial score (nSPS) is 11.8. The van der Waals surface area contributed by atoms with Crippen LogP contribution in [0.3, 0.4) is 0 Å². The zero-order chi connectivity index (χ0) is 19.3. The Bertz CT molecular complexity index is 707. The molecule has 2 aromatic rings. The fourth-order valence-corrected chi connectivity index (χ4v) is 3.76. The molecule has 2 aromatic carbocycles. The van der Waals surface area contributed by atoms with Crippen LogP contribution in [0.5, 0.6) is 0 Å². The average Bonchev–Trinajstić information content (AvgIpc) is 2.58. The van der Waals surface area contributed by atoms with Crippen molar-refractivity contribution in [1.82, 2.24) is 0 Å². The molecule has 0 aromatic heterocycles. The van der Waals surface area contributed by atoms with Gasteiger partial charge in [0, 0.05) is 0 Å². The van der Waals surface area contributed by atoms with E-state index in [1.54, 1.807) is 24.3 Å². The molecule has 0 fully saturated rings. The Balaban J connectivity index is 2.81. The molecule has 0 aliphatic carbocycles. The summed E-state index contributed by atoms with van der Waals surface area (Å²) in [6.07, 6.45) is 4.19. The summed E-state index contributed by atoms with van der Waals surface area (Å²) in [7, 11) is 0. The summed E-state index contributed by atoms with van der Waals surface area (Å²) in [4.78, 5) is 0. The van der Waals surface area contributed by atoms with Gasteiger partial charge in [-0.1, -0.05) is 64.1 Å². The first-order valence-corrected chi connectivity index (χ1v) is 9.23. The number of hydrogen-bond donors (Lipinski definition) is 0. The number of rotatable bonds is 6. The Morgan fingerprint density at radius 3 is 1.42 bits per heavy atom. The van der Waals surface area contributed by atoms with E-state index >= 15 is 0 Å². The Kier molecular flexibility index (Phi) is 6.90. The fraction of sp³-hybridized carbons (Fsp3) is 0.333. The van der Waals surface area contributed by atoms with Crippen molar-refractivity contribution in [1.29, 1.82) is 0 Å². The lowest BCUT2D eigenvalue weighted by Crippen LogP contribution is -2.19. The van der Waals surface area contributed by atoms with Crippen LogP contribution in [-0.4, -0.2) is 0 Å². The van der Waals surface area contributed by atoms with Crippen molar-refractivity contribution in [3.63, 3.8) is 0 Å². The molecule has 0 saturated heterocycles. The van der Waals surface area contributed by atoms with Crippen LogP contribution in [0.15, 0.2) is 66.3 Å². The Morgan fingerprint density at radius 1 is 0.731 bits per heavy atom. The maximum Gasteiger partial charge on any atom is 0.123 e. The van der Waals surface area contributed by atoms with Gasteiger partial charge in [-0.05, 0) is 71.2 Å². The van der Waals surface area contributed by atoms with Crippen molar-refractivity contribution in [2.24, 2.45) is 17.8 Å². The quantitative estimate of drug-likeness (QED) is 0.478. The monoisotopic (exact) mass is 354 g/mol. The smallest absolute Gasteiger partial charge is 0.123 e. The highest BCUT2D eigenvalue weighted by molar-refractivity contribution is 5.84. The van der Waals surface area contributed by atoms with Gasteiger partial charge in [0.2, 0.25) is 0 Å². The van der Waals surface area contributed by atoms with Gasteiger partial charge in [-0.2, -0.15) is 0 Å². The molecule has 0 radical (unpaired) electrons. The van der Waals surface area contributed by atoms with E-state index in [2.05, 4.69) is 33.8 Å². The largest absolute Gasteiger partial charge is 0.207 e. The Hall–Kier alpha value is -2.22. The molecule has 0 atom stereocenters. The molecule has 26 heavy (non-hydrogen) atoms. The molecular formula is C24H28F2. The maximum atomic E-state index is 13.5. The van der Waals surface area contributed by atoms with Crippen molar-refractivity contribution in [2.45, 2.75) is 34.6 Å². The van der Waals surface area contributed by atoms with Gasteiger partial charge in [0.05, 0.1) is 0 Å². The first-order chi connectivity index (χ1) is 12.3. The van der Waals surface area contributed by atoms with Crippen LogP contribution in [0.4, 0.5) is 8.78 Å². The third-order valence-corrected chi connectivity index (χ3v) is 4.70. The van der Waals surface area contributed by atoms with E-state index in [9.17, 15) is 8.78 Å². The lowest BCUT2D eigenvalue weighted by molar-refractivity contribution is 0.344. The topological polar surface area (TPSA) is 0 Å². The van der Waals surface area contributed by atoms with Gasteiger partial charge in [0.25, 0.3) is 0 Å². The summed E-state index contributed by atoms with van der Waals surface area (Å²) in [5.74, 6) is 0.693. The van der Waals surface area contributed by atoms with E-state index in [1.165, 1.54) is 29.8 Å². The lowest BCUT2D eigenvalue weighted by Gasteiger charge is -2.29. The molecule has 0 spiro atoms. The molecule has 2 heteroatoms. The third-order valence-electron chi connectivity index (χ3n) is 4.70. The van der Waals surface area contributed by atoms with Gasteiger partial charge in [0.1, 0.15) is 11.6 Å². The second kappa shape index (κ2) is 8.93. The van der Waals surface area contributed by atoms with Gasteiger partial charge < -0.3 is 0 Å². The van der Waals surface area contributed by atoms with E-state index in [-0.39, 0.29) is 11.6 Å². The molecule has 0 N–H and O–H groups in total. The van der Waals surface area contributed by atoms with Gasteiger partial charge in [-0.15, -0.1) is 0 Å². The zero-order valence-corrected chi connectivity index (χ0v) is 16.3. The van der Waals surface area contributed by atoms with E-state index in [1.807, 2.05) is 13.0 Å². The lowest BCUT2D eigenvalue weighted by atomic mass is 9.75. The summed E-state index contributed by atoms with van der Waals surface area (Å²) in [6, 6.07) is 13.1. The minimum absolute atomic E-state index is 0.260. The average molecular weight is 354 g/mol. The molecule has 0 amide bonds. The molecule has 0 aliphatic rings. The summed E-state index contributed by atoms with van der Waals surface area (Å²) in [5, 5.41) is 0. The minimum atomic E-state index is -0.260. The highest BCUT2D eigenvalue weighted by atomic mass is 19.1. The van der Waals surface area contributed by atoms with E-state index in [4.69, 9.17) is 0 Å². The van der Waals surface area contributed by atoms with Crippen LogP contribution in [0.25, 0.3) is 5.57 Å². The summed E-state index contributed by atoms with van der Waals surface area (Å²) >= 11 is 0. The number of hydrogen-bond acceptors (Lipinski definition) is 0. The molecule has 138 valence electrons. The Labute approximate surface area is 156 Å². The van der Waals surface area contributed by atoms with Crippen LogP contribution >= 0.6 is 0 Å². The molecule has 0 aliphatic heterocycles. The second-order valence-electron chi connectivity index (χ2n) is 7.36. The van der Waals surface area contributed by atoms with Gasteiger partial charge in [-0.25, -0.2) is 8.78 Å². The van der Waals surface area contributed by atoms with Crippen LogP contribution in [0.1, 0.15) is 45.7 Å². The summed E-state index contributed by atoms with van der Waals surface area (Å²) in [5.41, 5.74) is 4.13. The van der Waals surface area contributed by atoms with Crippen LogP contribution < -0.4 is 0 Å². The van der Waals surface area contributed by atoms with Gasteiger partial charge in [0.15, 0.2) is 0 Å². The number of halogens is 2. The van der Waals surface area contributed by atoms with E-state index in [0.717, 1.165) is 16.7 Å². The van der Waals surface area contributed by atoms with Crippen molar-refractivity contribution in [2.75, 3.05) is 0 Å². The van der Waals surface area contributed by atoms with Crippen LogP contribution in [0, 0.1) is 29.4 Å². The van der Waals surface area contributed by atoms with Crippen LogP contribution in [-0.2, 0) is 0 Å². The molecule has 0 unspecified atom stereocenters. The first kappa shape index (κ1) is 20.1. The Morgan fingerprint density at radius 2 is 1.12 bits per heavy atom. The standard InChI is InChI=1S/C24H28F2/c1-6-7-22(23(16(2)3)17(4)5)24(18-8-12-20(25)13-9-18)19-10-14-21(26)15-11-19/h6-17,23H,1-5H3/b7-6+. The van der Waals surface area contributed by atoms with Crippen LogP contribution in [0.2, 0.25) is 0 Å². The predicted molar refractivity (Wildman–Crippen MR) is 107 cm³/mol. The molecular weight excluding hydrogens is 326 g/mol. The first-order valence-electron chi connectivity index (χ1n) is 9.23. The summed E-state index contributed by atoms with van der Waals surface area (Å²) < 4.78 is 27.0. The van der Waals surface area contributed by atoms with E-state index < -0.39 is 0 Å². The maximum absolute atomic E-state index is 13.5. The molecule has 0 nitrogen and oxygen atoms in total. The van der Waals surface area contributed by atoms with Crippen molar-refractivity contribution >= 4 is 5.57 Å². The molecule has 0 bridgehead atoms. The minimum Gasteiger partial charge on any atom is -0.207 e. The summed E-state index contributed by atoms with van der Waals surface area (Å²) in [6.45, 7) is 10.9. The number of allylic oxidation sites excluding steroid dienone is 3.